The zero-order valence-electron chi connectivity index (χ0n) is 22.8. The quantitative estimate of drug-likeness (QED) is 0.513. The summed E-state index contributed by atoms with van der Waals surface area (Å²) in [7, 11) is 0. The summed E-state index contributed by atoms with van der Waals surface area (Å²) in [5.41, 5.74) is 11.6. The van der Waals surface area contributed by atoms with Crippen LogP contribution in [-0.4, -0.2) is 63.4 Å². The molecule has 5 heterocycles. The van der Waals surface area contributed by atoms with E-state index in [-0.39, 0.29) is 23.5 Å². The zero-order chi connectivity index (χ0) is 27.6. The number of ether oxygens (including phenoxy) is 1. The van der Waals surface area contributed by atoms with E-state index < -0.39 is 0 Å². The highest BCUT2D eigenvalue weighted by molar-refractivity contribution is 6.07. The molecule has 40 heavy (non-hydrogen) atoms. The number of amides is 1. The van der Waals surface area contributed by atoms with E-state index in [4.69, 9.17) is 15.5 Å². The number of carbonyl (C=O) groups excluding carboxylic acids is 2. The summed E-state index contributed by atoms with van der Waals surface area (Å²) >= 11 is 0. The lowest BCUT2D eigenvalue weighted by Gasteiger charge is -2.35. The summed E-state index contributed by atoms with van der Waals surface area (Å²) in [6.45, 7) is 4.23. The van der Waals surface area contributed by atoms with Crippen molar-refractivity contribution in [2.75, 3.05) is 26.3 Å². The summed E-state index contributed by atoms with van der Waals surface area (Å²) in [4.78, 5) is 37.5. The minimum atomic E-state index is -0.0869. The fourth-order valence-electron chi connectivity index (χ4n) is 5.91. The second kappa shape index (κ2) is 11.2. The van der Waals surface area contributed by atoms with E-state index in [1.165, 1.54) is 6.92 Å². The number of aromatic nitrogens is 3. The Labute approximate surface area is 233 Å². The Morgan fingerprint density at radius 1 is 0.950 bits per heavy atom. The average Bonchev–Trinajstić information content (AvgIpc) is 3.36. The van der Waals surface area contributed by atoms with Crippen molar-refractivity contribution < 1.29 is 14.3 Å². The Morgan fingerprint density at radius 2 is 1.70 bits per heavy atom. The summed E-state index contributed by atoms with van der Waals surface area (Å²) < 4.78 is 7.01. The Morgan fingerprint density at radius 3 is 2.38 bits per heavy atom. The smallest absolute Gasteiger partial charge is 0.225 e. The molecule has 0 saturated carbocycles. The molecule has 0 spiro atoms. The minimum absolute atomic E-state index is 0.0615. The molecule has 2 N–H and O–H groups in total. The van der Waals surface area contributed by atoms with Crippen molar-refractivity contribution in [3.05, 3.63) is 60.4 Å². The number of hydrogen-bond donors (Lipinski definition) is 1. The highest BCUT2D eigenvalue weighted by Crippen LogP contribution is 2.37. The number of aliphatic imine (C=N–C) groups is 1. The van der Waals surface area contributed by atoms with Crippen LogP contribution in [0, 0.1) is 11.8 Å². The van der Waals surface area contributed by atoms with Gasteiger partial charge in [-0.1, -0.05) is 36.4 Å². The molecule has 1 amide bonds. The molecule has 2 saturated heterocycles. The second-order valence-electron chi connectivity index (χ2n) is 10.8. The molecular weight excluding hydrogens is 504 g/mol. The average molecular weight is 539 g/mol. The molecule has 0 bridgehead atoms. The third-order valence-corrected chi connectivity index (χ3v) is 8.31. The Hall–Kier alpha value is -4.11. The molecular formula is C31H34N6O3. The first-order chi connectivity index (χ1) is 19.5. The molecule has 0 aliphatic carbocycles. The lowest BCUT2D eigenvalue weighted by atomic mass is 9.87. The Balaban J connectivity index is 1.28. The third kappa shape index (κ3) is 5.09. The number of benzene rings is 1. The number of rotatable bonds is 5. The van der Waals surface area contributed by atoms with Gasteiger partial charge in [-0.05, 0) is 38.7 Å². The predicted octanol–water partition coefficient (Wildman–Crippen LogP) is 4.47. The van der Waals surface area contributed by atoms with Gasteiger partial charge >= 0.3 is 0 Å². The standard InChI is InChI=1S/C31H34N6O3/c1-20(38)25-17-28(22-9-13-36(14-10-22)31(39)23-11-15-40-16-12-23)35-30-26(19-34-37(30)29(25)32)24-7-8-27(33-18-24)21-5-3-2-4-6-21/h2-8,18-19,22-23H,9-17,32H2,1H3. The van der Waals surface area contributed by atoms with Crippen LogP contribution in [0.15, 0.2) is 65.4 Å². The van der Waals surface area contributed by atoms with E-state index in [2.05, 4.69) is 10.1 Å². The molecule has 1 aromatic carbocycles. The van der Waals surface area contributed by atoms with E-state index >= 15 is 0 Å². The molecule has 2 aromatic heterocycles. The predicted molar refractivity (Wildman–Crippen MR) is 154 cm³/mol. The van der Waals surface area contributed by atoms with Crippen molar-refractivity contribution in [2.24, 2.45) is 22.6 Å². The molecule has 0 radical (unpaired) electrons. The van der Waals surface area contributed by atoms with Gasteiger partial charge in [0.2, 0.25) is 5.91 Å². The number of Topliss-reactive ketones (excluding diaryl/α,β-unsaturated/α-hetero) is 1. The van der Waals surface area contributed by atoms with E-state index in [1.54, 1.807) is 10.9 Å². The number of piperidine rings is 1. The number of pyridine rings is 1. The molecule has 3 aliphatic rings. The molecule has 206 valence electrons. The fourth-order valence-corrected chi connectivity index (χ4v) is 5.91. The second-order valence-corrected chi connectivity index (χ2v) is 10.8. The molecule has 9 heteroatoms. The van der Waals surface area contributed by atoms with Crippen LogP contribution in [0.3, 0.4) is 0 Å². The van der Waals surface area contributed by atoms with E-state index in [9.17, 15) is 9.59 Å². The van der Waals surface area contributed by atoms with Crippen molar-refractivity contribution in [3.63, 3.8) is 0 Å². The van der Waals surface area contributed by atoms with Crippen molar-refractivity contribution in [1.82, 2.24) is 19.7 Å². The van der Waals surface area contributed by atoms with E-state index in [0.29, 0.717) is 49.9 Å². The van der Waals surface area contributed by atoms with Gasteiger partial charge in [-0.25, -0.2) is 4.99 Å². The van der Waals surface area contributed by atoms with Gasteiger partial charge in [-0.2, -0.15) is 9.78 Å². The van der Waals surface area contributed by atoms with Crippen LogP contribution >= 0.6 is 0 Å². The molecule has 2 fully saturated rings. The van der Waals surface area contributed by atoms with Gasteiger partial charge in [0.05, 0.1) is 11.9 Å². The lowest BCUT2D eigenvalue weighted by molar-refractivity contribution is -0.139. The fraction of sp³-hybridized carbons (Fsp3) is 0.387. The largest absolute Gasteiger partial charge is 0.383 e. The van der Waals surface area contributed by atoms with Gasteiger partial charge in [0.25, 0.3) is 0 Å². The zero-order valence-corrected chi connectivity index (χ0v) is 22.8. The first kappa shape index (κ1) is 26.1. The van der Waals surface area contributed by atoms with Gasteiger partial charge in [-0.15, -0.1) is 0 Å². The summed E-state index contributed by atoms with van der Waals surface area (Å²) in [5, 5.41) is 4.54. The SMILES string of the molecule is CC(=O)C1=C(N)n2ncc(-c3ccc(-c4ccccc4)nc3)c2N=C(C2CCN(C(=O)C3CCOCC3)CC2)C1. The van der Waals surface area contributed by atoms with Crippen molar-refractivity contribution in [3.8, 4) is 22.4 Å². The normalized spacial score (nSPS) is 18.7. The topological polar surface area (TPSA) is 116 Å². The molecule has 6 rings (SSSR count). The maximum atomic E-state index is 13.1. The van der Waals surface area contributed by atoms with Gasteiger partial charge in [0.15, 0.2) is 11.6 Å². The van der Waals surface area contributed by atoms with Gasteiger partial charge in [0.1, 0.15) is 5.82 Å². The Bertz CT molecular complexity index is 1460. The van der Waals surface area contributed by atoms with Crippen molar-refractivity contribution in [2.45, 2.75) is 39.0 Å². The Kier molecular flexibility index (Phi) is 7.30. The number of hydrogen-bond acceptors (Lipinski definition) is 7. The first-order valence-electron chi connectivity index (χ1n) is 14.0. The maximum absolute atomic E-state index is 13.1. The third-order valence-electron chi connectivity index (χ3n) is 8.31. The lowest BCUT2D eigenvalue weighted by Crippen LogP contribution is -2.44. The first-order valence-corrected chi connectivity index (χ1v) is 14.0. The van der Waals surface area contributed by atoms with Crippen LogP contribution < -0.4 is 5.73 Å². The van der Waals surface area contributed by atoms with Crippen LogP contribution in [0.5, 0.6) is 0 Å². The number of carbonyl (C=O) groups is 2. The van der Waals surface area contributed by atoms with E-state index in [1.807, 2.05) is 53.6 Å². The van der Waals surface area contributed by atoms with Crippen molar-refractivity contribution >= 4 is 29.0 Å². The van der Waals surface area contributed by atoms with Crippen LogP contribution in [0.1, 0.15) is 39.0 Å². The monoisotopic (exact) mass is 538 g/mol. The van der Waals surface area contributed by atoms with Gasteiger partial charge < -0.3 is 15.4 Å². The molecule has 0 atom stereocenters. The molecule has 3 aromatic rings. The van der Waals surface area contributed by atoms with Crippen LogP contribution in [0.2, 0.25) is 0 Å². The van der Waals surface area contributed by atoms with Gasteiger partial charge in [-0.3, -0.25) is 14.6 Å². The number of nitrogens with two attached hydrogens (primary N) is 1. The highest BCUT2D eigenvalue weighted by Gasteiger charge is 2.33. The number of nitrogens with zero attached hydrogens (tertiary/aromatic N) is 5. The van der Waals surface area contributed by atoms with Crippen LogP contribution in [0.4, 0.5) is 5.82 Å². The van der Waals surface area contributed by atoms with Crippen molar-refractivity contribution in [1.29, 1.82) is 0 Å². The highest BCUT2D eigenvalue weighted by atomic mass is 16.5. The number of ketones is 1. The van der Waals surface area contributed by atoms with Crippen LogP contribution in [0.25, 0.3) is 28.2 Å². The summed E-state index contributed by atoms with van der Waals surface area (Å²) in [6, 6.07) is 14.0. The summed E-state index contributed by atoms with van der Waals surface area (Å²) in [5.74, 6) is 1.29. The summed E-state index contributed by atoms with van der Waals surface area (Å²) in [6.07, 6.45) is 7.14. The molecule has 3 aliphatic heterocycles. The maximum Gasteiger partial charge on any atom is 0.225 e. The number of likely N-dealkylation sites (tertiary alicyclic amines) is 1. The number of fused-ring (bicyclic) bond motifs is 1. The minimum Gasteiger partial charge on any atom is -0.383 e. The van der Waals surface area contributed by atoms with Gasteiger partial charge in [0, 0.05) is 78.7 Å². The van der Waals surface area contributed by atoms with E-state index in [0.717, 1.165) is 53.8 Å². The number of allylic oxidation sites excluding steroid dienone is 1. The molecule has 9 nitrogen and oxygen atoms in total. The van der Waals surface area contributed by atoms with Crippen LogP contribution in [-0.2, 0) is 14.3 Å². The molecule has 0 unspecified atom stereocenters.